The molecule has 0 radical (unpaired) electrons. The average molecular weight is 333 g/mol. The number of hydrogen-bond donors (Lipinski definition) is 1. The van der Waals surface area contributed by atoms with Crippen LogP contribution in [0.4, 0.5) is 8.78 Å². The quantitative estimate of drug-likeness (QED) is 0.686. The van der Waals surface area contributed by atoms with Gasteiger partial charge in [-0.2, -0.15) is 0 Å². The molecule has 0 amide bonds. The Kier molecular flexibility index (Phi) is 6.31. The number of fused-ring (bicyclic) bond motifs is 3. The van der Waals surface area contributed by atoms with Crippen molar-refractivity contribution in [2.24, 2.45) is 5.73 Å². The van der Waals surface area contributed by atoms with Gasteiger partial charge in [0.05, 0.1) is 6.20 Å². The molecule has 0 aliphatic carbocycles. The number of hydrogen-bond acceptors (Lipinski definition) is 4. The number of halogens is 2. The Hall–Kier alpha value is -2.41. The normalized spacial score (nSPS) is 15.6. The zero-order valence-electron chi connectivity index (χ0n) is 13.8. The van der Waals surface area contributed by atoms with Crippen molar-refractivity contribution in [1.29, 1.82) is 0 Å². The highest BCUT2D eigenvalue weighted by Gasteiger charge is 2.19. The van der Waals surface area contributed by atoms with Crippen LogP contribution in [-0.4, -0.2) is 25.6 Å². The number of aromatic nitrogens is 4. The van der Waals surface area contributed by atoms with E-state index in [2.05, 4.69) is 19.5 Å². The minimum Gasteiger partial charge on any atom is -0.326 e. The molecule has 2 aromatic heterocycles. The van der Waals surface area contributed by atoms with Crippen LogP contribution in [0.3, 0.4) is 0 Å². The zero-order chi connectivity index (χ0) is 17.5. The Balaban J connectivity index is 0.000000179. The maximum absolute atomic E-state index is 11.9. The van der Waals surface area contributed by atoms with Crippen molar-refractivity contribution in [2.75, 3.05) is 0 Å². The molecule has 128 valence electrons. The molecule has 1 atom stereocenters. The van der Waals surface area contributed by atoms with E-state index in [-0.39, 0.29) is 6.04 Å². The molecule has 0 unspecified atom stereocenters. The number of imidazole rings is 1. The van der Waals surface area contributed by atoms with Crippen molar-refractivity contribution >= 4 is 11.2 Å². The number of nitrogens with two attached hydrogens (primary N) is 1. The first kappa shape index (κ1) is 17.9. The van der Waals surface area contributed by atoms with Crippen LogP contribution in [0.25, 0.3) is 11.2 Å². The van der Waals surface area contributed by atoms with Gasteiger partial charge in [0, 0.05) is 19.0 Å². The maximum Gasteiger partial charge on any atom is 0.181 e. The fourth-order valence-corrected chi connectivity index (χ4v) is 2.38. The summed E-state index contributed by atoms with van der Waals surface area (Å²) >= 11 is 0. The number of rotatable bonds is 0. The standard InChI is InChI=1S/C9H11N5.C6H4F2.C2H6/c10-6-1-2-8-13-9-7(14(8)4-6)3-11-5-12-9;7-5-1-2-6(8)4-3-5;1-2/h3,5-6H,1-2,4,10H2;1-4H;1-2H3/t6-;;/m1../s1. The summed E-state index contributed by atoms with van der Waals surface area (Å²) in [6.07, 6.45) is 5.28. The molecule has 1 aromatic carbocycles. The second kappa shape index (κ2) is 8.44. The molecule has 5 nitrogen and oxygen atoms in total. The largest absolute Gasteiger partial charge is 0.326 e. The third-order valence-electron chi connectivity index (χ3n) is 3.47. The van der Waals surface area contributed by atoms with Crippen molar-refractivity contribution in [2.45, 2.75) is 39.3 Å². The van der Waals surface area contributed by atoms with Gasteiger partial charge in [-0.3, -0.25) is 0 Å². The lowest BCUT2D eigenvalue weighted by Gasteiger charge is -2.20. The second-order valence-electron chi connectivity index (χ2n) is 5.11. The predicted octanol–water partition coefficient (Wildman–Crippen LogP) is 3.09. The Morgan fingerprint density at radius 2 is 1.75 bits per heavy atom. The summed E-state index contributed by atoms with van der Waals surface area (Å²) in [6, 6.07) is 4.55. The summed E-state index contributed by atoms with van der Waals surface area (Å²) < 4.78 is 26.0. The Bertz CT molecular complexity index is 749. The summed E-state index contributed by atoms with van der Waals surface area (Å²) in [5, 5.41) is 0. The van der Waals surface area contributed by atoms with Crippen LogP contribution in [-0.2, 0) is 13.0 Å². The van der Waals surface area contributed by atoms with Crippen molar-refractivity contribution < 1.29 is 8.78 Å². The van der Waals surface area contributed by atoms with E-state index in [1.807, 2.05) is 13.8 Å². The molecular weight excluding hydrogens is 312 g/mol. The molecule has 0 saturated heterocycles. The number of benzene rings is 1. The first-order valence-electron chi connectivity index (χ1n) is 7.95. The van der Waals surface area contributed by atoms with E-state index < -0.39 is 11.6 Å². The van der Waals surface area contributed by atoms with Gasteiger partial charge in [-0.25, -0.2) is 23.7 Å². The average Bonchev–Trinajstić information content (AvgIpc) is 2.98. The van der Waals surface area contributed by atoms with Crippen LogP contribution in [0.15, 0.2) is 36.8 Å². The van der Waals surface area contributed by atoms with Crippen molar-refractivity contribution in [3.63, 3.8) is 0 Å². The van der Waals surface area contributed by atoms with Gasteiger partial charge in [-0.05, 0) is 30.7 Å². The maximum atomic E-state index is 11.9. The SMILES string of the molecule is CC.Fc1ccc(F)cc1.N[C@@H]1CCc2nc3ncncc3n2C1. The van der Waals surface area contributed by atoms with Crippen molar-refractivity contribution in [3.8, 4) is 0 Å². The fourth-order valence-electron chi connectivity index (χ4n) is 2.38. The van der Waals surface area contributed by atoms with E-state index in [0.717, 1.165) is 60.6 Å². The molecule has 3 heterocycles. The van der Waals surface area contributed by atoms with Crippen LogP contribution in [0.2, 0.25) is 0 Å². The molecule has 7 heteroatoms. The third kappa shape index (κ3) is 4.32. The van der Waals surface area contributed by atoms with Crippen LogP contribution >= 0.6 is 0 Å². The van der Waals surface area contributed by atoms with Gasteiger partial charge < -0.3 is 10.3 Å². The fraction of sp³-hybridized carbons (Fsp3) is 0.353. The lowest BCUT2D eigenvalue weighted by Crippen LogP contribution is -2.31. The van der Waals surface area contributed by atoms with E-state index in [0.29, 0.717) is 0 Å². The Labute approximate surface area is 139 Å². The third-order valence-corrected chi connectivity index (χ3v) is 3.47. The van der Waals surface area contributed by atoms with Gasteiger partial charge in [0.25, 0.3) is 0 Å². The Morgan fingerprint density at radius 1 is 1.12 bits per heavy atom. The van der Waals surface area contributed by atoms with Gasteiger partial charge in [0.15, 0.2) is 5.65 Å². The van der Waals surface area contributed by atoms with Crippen molar-refractivity contribution in [1.82, 2.24) is 19.5 Å². The van der Waals surface area contributed by atoms with Gasteiger partial charge in [0.1, 0.15) is 29.3 Å². The molecule has 0 bridgehead atoms. The van der Waals surface area contributed by atoms with Crippen LogP contribution in [0.5, 0.6) is 0 Å². The second-order valence-corrected chi connectivity index (χ2v) is 5.11. The van der Waals surface area contributed by atoms with Crippen molar-refractivity contribution in [3.05, 3.63) is 54.2 Å². The summed E-state index contributed by atoms with van der Waals surface area (Å²) in [7, 11) is 0. The van der Waals surface area contributed by atoms with Crippen LogP contribution in [0.1, 0.15) is 26.1 Å². The van der Waals surface area contributed by atoms with Gasteiger partial charge in [-0.15, -0.1) is 0 Å². The van der Waals surface area contributed by atoms with E-state index in [9.17, 15) is 8.78 Å². The zero-order valence-corrected chi connectivity index (χ0v) is 13.8. The molecule has 24 heavy (non-hydrogen) atoms. The lowest BCUT2D eigenvalue weighted by molar-refractivity contribution is 0.461. The van der Waals surface area contributed by atoms with Gasteiger partial charge in [0.2, 0.25) is 0 Å². The molecule has 3 aromatic rings. The van der Waals surface area contributed by atoms with E-state index in [1.165, 1.54) is 6.33 Å². The first-order valence-corrected chi connectivity index (χ1v) is 7.95. The van der Waals surface area contributed by atoms with Crippen LogP contribution < -0.4 is 5.73 Å². The highest BCUT2D eigenvalue weighted by molar-refractivity contribution is 5.70. The molecule has 1 aliphatic heterocycles. The monoisotopic (exact) mass is 333 g/mol. The van der Waals surface area contributed by atoms with E-state index in [1.54, 1.807) is 6.20 Å². The topological polar surface area (TPSA) is 69.6 Å². The molecule has 0 spiro atoms. The summed E-state index contributed by atoms with van der Waals surface area (Å²) in [5.41, 5.74) is 7.69. The van der Waals surface area contributed by atoms with Gasteiger partial charge in [-0.1, -0.05) is 13.8 Å². The predicted molar refractivity (Wildman–Crippen MR) is 89.3 cm³/mol. The molecule has 4 rings (SSSR count). The highest BCUT2D eigenvalue weighted by atomic mass is 19.1. The smallest absolute Gasteiger partial charge is 0.181 e. The minimum atomic E-state index is -0.411. The highest BCUT2D eigenvalue weighted by Crippen LogP contribution is 2.19. The van der Waals surface area contributed by atoms with E-state index >= 15 is 0 Å². The summed E-state index contributed by atoms with van der Waals surface area (Å²) in [4.78, 5) is 12.6. The molecule has 0 fully saturated rings. The summed E-state index contributed by atoms with van der Waals surface area (Å²) in [5.74, 6) is 0.264. The lowest BCUT2D eigenvalue weighted by atomic mass is 10.1. The van der Waals surface area contributed by atoms with E-state index in [4.69, 9.17) is 5.73 Å². The minimum absolute atomic E-state index is 0.236. The number of aryl methyl sites for hydroxylation is 1. The first-order chi connectivity index (χ1) is 11.6. The number of nitrogens with zero attached hydrogens (tertiary/aromatic N) is 4. The molecule has 1 aliphatic rings. The van der Waals surface area contributed by atoms with Gasteiger partial charge >= 0.3 is 0 Å². The summed E-state index contributed by atoms with van der Waals surface area (Å²) in [6.45, 7) is 4.83. The molecular formula is C17H21F2N5. The molecule has 2 N–H and O–H groups in total. The van der Waals surface area contributed by atoms with Crippen LogP contribution in [0, 0.1) is 11.6 Å². The molecule has 0 saturated carbocycles. The Morgan fingerprint density at radius 3 is 2.38 bits per heavy atom.